The van der Waals surface area contributed by atoms with E-state index in [0.29, 0.717) is 6.42 Å². The summed E-state index contributed by atoms with van der Waals surface area (Å²) in [6, 6.07) is 4.78. The number of benzene rings is 1. The summed E-state index contributed by atoms with van der Waals surface area (Å²) >= 11 is 0. The third kappa shape index (κ3) is 4.84. The summed E-state index contributed by atoms with van der Waals surface area (Å²) in [4.78, 5) is 23.3. The summed E-state index contributed by atoms with van der Waals surface area (Å²) in [7, 11) is 0. The van der Waals surface area contributed by atoms with E-state index in [2.05, 4.69) is 10.4 Å². The summed E-state index contributed by atoms with van der Waals surface area (Å²) in [5, 5.41) is 15.5. The van der Waals surface area contributed by atoms with Gasteiger partial charge in [-0.3, -0.25) is 4.79 Å². The third-order valence-electron chi connectivity index (χ3n) is 3.71. The molecule has 1 atom stereocenters. The second-order valence-electron chi connectivity index (χ2n) is 5.70. The number of aliphatic carboxylic acids is 1. The fraction of sp³-hybridized carbons (Fsp3) is 0.353. The number of aromatic nitrogens is 2. The molecule has 140 valence electrons. The normalized spacial score (nSPS) is 12.6. The predicted octanol–water partition coefficient (Wildman–Crippen LogP) is 3.26. The molecule has 0 aliphatic carbocycles. The largest absolute Gasteiger partial charge is 0.480 e. The Hall–Kier alpha value is -2.84. The highest BCUT2D eigenvalue weighted by Gasteiger charge is 2.30. The lowest BCUT2D eigenvalue weighted by atomic mass is 10.1. The number of carbonyl (C=O) groups is 2. The number of rotatable bonds is 7. The van der Waals surface area contributed by atoms with Gasteiger partial charge in [0.15, 0.2) is 5.69 Å². The van der Waals surface area contributed by atoms with Gasteiger partial charge in [-0.2, -0.15) is 18.3 Å². The van der Waals surface area contributed by atoms with E-state index in [-0.39, 0.29) is 17.8 Å². The lowest BCUT2D eigenvalue weighted by Gasteiger charge is -2.13. The monoisotopic (exact) mass is 369 g/mol. The Balaban J connectivity index is 2.16. The molecule has 0 saturated heterocycles. The summed E-state index contributed by atoms with van der Waals surface area (Å²) in [5.74, 6) is -1.84. The molecule has 0 aliphatic heterocycles. The van der Waals surface area contributed by atoms with Crippen LogP contribution in [0.5, 0.6) is 0 Å². The van der Waals surface area contributed by atoms with E-state index in [1.807, 2.05) is 6.92 Å². The number of nitrogens with one attached hydrogen (secondary N) is 1. The number of carbonyl (C=O) groups excluding carboxylic acids is 1. The van der Waals surface area contributed by atoms with Crippen molar-refractivity contribution in [2.24, 2.45) is 0 Å². The quantitative estimate of drug-likeness (QED) is 0.785. The van der Waals surface area contributed by atoms with Crippen molar-refractivity contribution in [1.82, 2.24) is 15.1 Å². The van der Waals surface area contributed by atoms with E-state index in [1.165, 1.54) is 24.4 Å². The van der Waals surface area contributed by atoms with Crippen LogP contribution in [0.4, 0.5) is 13.2 Å². The average molecular weight is 369 g/mol. The van der Waals surface area contributed by atoms with Gasteiger partial charge in [-0.15, -0.1) is 0 Å². The minimum absolute atomic E-state index is 0.0786. The Morgan fingerprint density at radius 1 is 1.31 bits per heavy atom. The molecule has 1 heterocycles. The number of alkyl halides is 3. The Morgan fingerprint density at radius 2 is 2.04 bits per heavy atom. The van der Waals surface area contributed by atoms with E-state index >= 15 is 0 Å². The fourth-order valence-electron chi connectivity index (χ4n) is 2.31. The minimum atomic E-state index is -4.49. The molecule has 0 aliphatic rings. The lowest BCUT2D eigenvalue weighted by Crippen LogP contribution is -2.40. The van der Waals surface area contributed by atoms with E-state index in [1.54, 1.807) is 0 Å². The van der Waals surface area contributed by atoms with Crippen LogP contribution in [-0.4, -0.2) is 32.8 Å². The van der Waals surface area contributed by atoms with Crippen LogP contribution in [0.2, 0.25) is 0 Å². The molecule has 6 nitrogen and oxygen atoms in total. The molecular weight excluding hydrogens is 351 g/mol. The maximum Gasteiger partial charge on any atom is 0.416 e. The molecule has 2 N–H and O–H groups in total. The van der Waals surface area contributed by atoms with Crippen molar-refractivity contribution in [3.8, 4) is 5.69 Å². The van der Waals surface area contributed by atoms with E-state index in [9.17, 15) is 22.8 Å². The van der Waals surface area contributed by atoms with Gasteiger partial charge < -0.3 is 10.4 Å². The van der Waals surface area contributed by atoms with Crippen LogP contribution in [0.15, 0.2) is 36.5 Å². The molecule has 0 fully saturated rings. The van der Waals surface area contributed by atoms with E-state index < -0.39 is 29.7 Å². The Bertz CT molecular complexity index is 787. The van der Waals surface area contributed by atoms with Crippen molar-refractivity contribution in [3.05, 3.63) is 47.8 Å². The van der Waals surface area contributed by atoms with Crippen LogP contribution in [0, 0.1) is 0 Å². The van der Waals surface area contributed by atoms with Crippen molar-refractivity contribution in [1.29, 1.82) is 0 Å². The number of amides is 1. The molecule has 0 spiro atoms. The SMILES string of the molecule is CCCCC(NC(=O)c1ccn(-c2cccc(C(F)(F)F)c2)n1)C(=O)O. The predicted molar refractivity (Wildman–Crippen MR) is 87.0 cm³/mol. The number of hydrogen-bond donors (Lipinski definition) is 2. The second kappa shape index (κ2) is 8.03. The third-order valence-corrected chi connectivity index (χ3v) is 3.71. The average Bonchev–Trinajstić information content (AvgIpc) is 3.07. The molecule has 2 aromatic rings. The molecule has 0 saturated carbocycles. The number of carboxylic acids is 1. The molecule has 9 heteroatoms. The van der Waals surface area contributed by atoms with Gasteiger partial charge in [0.05, 0.1) is 11.3 Å². The summed E-state index contributed by atoms with van der Waals surface area (Å²) < 4.78 is 39.5. The molecule has 1 unspecified atom stereocenters. The zero-order chi connectivity index (χ0) is 19.3. The molecule has 2 rings (SSSR count). The summed E-state index contributed by atoms with van der Waals surface area (Å²) in [6.07, 6.45) is -1.45. The van der Waals surface area contributed by atoms with Crippen LogP contribution in [0.25, 0.3) is 5.69 Å². The number of unbranched alkanes of at least 4 members (excludes halogenated alkanes) is 1. The molecule has 1 aromatic carbocycles. The topological polar surface area (TPSA) is 84.2 Å². The Kier molecular flexibility index (Phi) is 6.01. The fourth-order valence-corrected chi connectivity index (χ4v) is 2.31. The number of halogens is 3. The van der Waals surface area contributed by atoms with Gasteiger partial charge in [-0.1, -0.05) is 25.8 Å². The molecule has 26 heavy (non-hydrogen) atoms. The van der Waals surface area contributed by atoms with Crippen LogP contribution in [-0.2, 0) is 11.0 Å². The first-order valence-corrected chi connectivity index (χ1v) is 7.99. The summed E-state index contributed by atoms with van der Waals surface area (Å²) in [5.41, 5.74) is -0.771. The Morgan fingerprint density at radius 3 is 2.65 bits per heavy atom. The van der Waals surface area contributed by atoms with Crippen molar-refractivity contribution in [2.75, 3.05) is 0 Å². The number of carboxylic acid groups (broad SMARTS) is 1. The van der Waals surface area contributed by atoms with E-state index in [0.717, 1.165) is 23.2 Å². The summed E-state index contributed by atoms with van der Waals surface area (Å²) in [6.45, 7) is 1.90. The zero-order valence-electron chi connectivity index (χ0n) is 14.0. The molecule has 1 amide bonds. The Labute approximate surface area is 147 Å². The van der Waals surface area contributed by atoms with Crippen LogP contribution in [0.3, 0.4) is 0 Å². The molecule has 1 aromatic heterocycles. The van der Waals surface area contributed by atoms with Crippen molar-refractivity contribution < 1.29 is 27.9 Å². The molecule has 0 bridgehead atoms. The first kappa shape index (κ1) is 19.5. The van der Waals surface area contributed by atoms with Gasteiger partial charge in [-0.05, 0) is 30.7 Å². The van der Waals surface area contributed by atoms with Crippen LogP contribution in [0.1, 0.15) is 42.2 Å². The standard InChI is InChI=1S/C17H18F3N3O3/c1-2-3-7-14(16(25)26)21-15(24)13-8-9-23(22-13)12-6-4-5-11(10-12)17(18,19)20/h4-6,8-10,14H,2-3,7H2,1H3,(H,21,24)(H,25,26). The molecule has 0 radical (unpaired) electrons. The van der Waals surface area contributed by atoms with Gasteiger partial charge in [0.1, 0.15) is 6.04 Å². The minimum Gasteiger partial charge on any atom is -0.480 e. The van der Waals surface area contributed by atoms with Crippen molar-refractivity contribution in [2.45, 2.75) is 38.4 Å². The van der Waals surface area contributed by atoms with Gasteiger partial charge in [0, 0.05) is 6.20 Å². The van der Waals surface area contributed by atoms with Gasteiger partial charge in [-0.25, -0.2) is 9.48 Å². The van der Waals surface area contributed by atoms with Gasteiger partial charge >= 0.3 is 12.1 Å². The first-order chi connectivity index (χ1) is 12.2. The zero-order valence-corrected chi connectivity index (χ0v) is 14.0. The van der Waals surface area contributed by atoms with Crippen molar-refractivity contribution >= 4 is 11.9 Å². The number of hydrogen-bond acceptors (Lipinski definition) is 3. The smallest absolute Gasteiger partial charge is 0.416 e. The second-order valence-corrected chi connectivity index (χ2v) is 5.70. The highest BCUT2D eigenvalue weighted by Crippen LogP contribution is 2.30. The maximum atomic E-state index is 12.8. The number of nitrogens with zero attached hydrogens (tertiary/aromatic N) is 2. The van der Waals surface area contributed by atoms with Crippen LogP contribution < -0.4 is 5.32 Å². The maximum absolute atomic E-state index is 12.8. The molecular formula is C17H18F3N3O3. The lowest BCUT2D eigenvalue weighted by molar-refractivity contribution is -0.139. The van der Waals surface area contributed by atoms with Gasteiger partial charge in [0.25, 0.3) is 5.91 Å². The van der Waals surface area contributed by atoms with Gasteiger partial charge in [0.2, 0.25) is 0 Å². The van der Waals surface area contributed by atoms with E-state index in [4.69, 9.17) is 5.11 Å². The van der Waals surface area contributed by atoms with Crippen molar-refractivity contribution in [3.63, 3.8) is 0 Å². The highest BCUT2D eigenvalue weighted by molar-refractivity contribution is 5.94. The first-order valence-electron chi connectivity index (χ1n) is 7.99. The van der Waals surface area contributed by atoms with Crippen LogP contribution >= 0.6 is 0 Å². The highest BCUT2D eigenvalue weighted by atomic mass is 19.4.